The molecular formula is C15H18ClN3O5. The lowest BCUT2D eigenvalue weighted by molar-refractivity contribution is -0.120. The number of benzene rings is 1. The van der Waals surface area contributed by atoms with Gasteiger partial charge in [-0.15, -0.1) is 11.6 Å². The molecule has 0 spiro atoms. The molecule has 8 nitrogen and oxygen atoms in total. The Morgan fingerprint density at radius 2 is 1.88 bits per heavy atom. The highest BCUT2D eigenvalue weighted by Crippen LogP contribution is 2.40. The lowest BCUT2D eigenvalue weighted by atomic mass is 10.1. The van der Waals surface area contributed by atoms with E-state index in [1.54, 1.807) is 19.1 Å². The predicted octanol–water partition coefficient (Wildman–Crippen LogP) is 2.01. The van der Waals surface area contributed by atoms with Gasteiger partial charge in [0.1, 0.15) is 5.38 Å². The van der Waals surface area contributed by atoms with Crippen LogP contribution in [0.1, 0.15) is 12.8 Å². The average molecular weight is 356 g/mol. The van der Waals surface area contributed by atoms with Crippen LogP contribution in [0.2, 0.25) is 0 Å². The van der Waals surface area contributed by atoms with Crippen LogP contribution in [0, 0.1) is 0 Å². The van der Waals surface area contributed by atoms with Crippen molar-refractivity contribution in [1.82, 2.24) is 15.5 Å². The van der Waals surface area contributed by atoms with Crippen LogP contribution in [0.4, 0.5) is 0 Å². The SMILES string of the molecule is COc1cc(-c2noc(CNC(=O)C(C)Cl)n2)cc(OC)c1OC. The summed E-state index contributed by atoms with van der Waals surface area (Å²) >= 11 is 5.67. The number of nitrogens with zero attached hydrogens (tertiary/aromatic N) is 2. The zero-order valence-electron chi connectivity index (χ0n) is 13.8. The van der Waals surface area contributed by atoms with Crippen molar-refractivity contribution in [1.29, 1.82) is 0 Å². The summed E-state index contributed by atoms with van der Waals surface area (Å²) in [6, 6.07) is 3.41. The second kappa shape index (κ2) is 7.87. The summed E-state index contributed by atoms with van der Waals surface area (Å²) in [6.45, 7) is 1.67. The maximum atomic E-state index is 11.5. The minimum Gasteiger partial charge on any atom is -0.493 e. The number of rotatable bonds is 7. The molecule has 0 aliphatic heterocycles. The summed E-state index contributed by atoms with van der Waals surface area (Å²) in [5, 5.41) is 5.85. The summed E-state index contributed by atoms with van der Waals surface area (Å²) < 4.78 is 21.0. The molecule has 9 heteroatoms. The lowest BCUT2D eigenvalue weighted by Crippen LogP contribution is -2.29. The van der Waals surface area contributed by atoms with E-state index in [9.17, 15) is 4.79 Å². The van der Waals surface area contributed by atoms with Crippen molar-refractivity contribution in [3.63, 3.8) is 0 Å². The third kappa shape index (κ3) is 3.88. The Morgan fingerprint density at radius 3 is 2.38 bits per heavy atom. The van der Waals surface area contributed by atoms with Gasteiger partial charge >= 0.3 is 0 Å². The van der Waals surface area contributed by atoms with Crippen LogP contribution in [-0.2, 0) is 11.3 Å². The smallest absolute Gasteiger partial charge is 0.246 e. The van der Waals surface area contributed by atoms with Gasteiger partial charge < -0.3 is 24.1 Å². The summed E-state index contributed by atoms with van der Waals surface area (Å²) in [7, 11) is 4.56. The van der Waals surface area contributed by atoms with Crippen LogP contribution in [0.15, 0.2) is 16.7 Å². The first-order valence-electron chi connectivity index (χ1n) is 7.04. The zero-order valence-corrected chi connectivity index (χ0v) is 14.5. The van der Waals surface area contributed by atoms with E-state index in [1.807, 2.05) is 0 Å². The van der Waals surface area contributed by atoms with Gasteiger partial charge in [0.05, 0.1) is 27.9 Å². The molecule has 1 N–H and O–H groups in total. The van der Waals surface area contributed by atoms with Gasteiger partial charge in [0, 0.05) is 5.56 Å². The first kappa shape index (κ1) is 17.9. The minimum absolute atomic E-state index is 0.0906. The lowest BCUT2D eigenvalue weighted by Gasteiger charge is -2.12. The highest BCUT2D eigenvalue weighted by Gasteiger charge is 2.18. The van der Waals surface area contributed by atoms with Crippen molar-refractivity contribution in [3.05, 3.63) is 18.0 Å². The van der Waals surface area contributed by atoms with E-state index in [0.717, 1.165) is 0 Å². The Kier molecular flexibility index (Phi) is 5.86. The van der Waals surface area contributed by atoms with Crippen molar-refractivity contribution in [2.45, 2.75) is 18.8 Å². The van der Waals surface area contributed by atoms with Crippen LogP contribution in [0.3, 0.4) is 0 Å². The molecule has 1 unspecified atom stereocenters. The van der Waals surface area contributed by atoms with Crippen molar-refractivity contribution in [3.8, 4) is 28.6 Å². The molecule has 2 aromatic rings. The monoisotopic (exact) mass is 355 g/mol. The van der Waals surface area contributed by atoms with E-state index >= 15 is 0 Å². The molecule has 24 heavy (non-hydrogen) atoms. The van der Waals surface area contributed by atoms with Gasteiger partial charge in [-0.3, -0.25) is 4.79 Å². The highest BCUT2D eigenvalue weighted by molar-refractivity contribution is 6.30. The predicted molar refractivity (Wildman–Crippen MR) is 86.6 cm³/mol. The second-order valence-electron chi connectivity index (χ2n) is 4.76. The molecule has 1 aromatic heterocycles. The maximum Gasteiger partial charge on any atom is 0.246 e. The van der Waals surface area contributed by atoms with Crippen LogP contribution in [-0.4, -0.2) is 42.8 Å². The molecule has 0 saturated carbocycles. The number of hydrogen-bond donors (Lipinski definition) is 1. The Bertz CT molecular complexity index is 692. The van der Waals surface area contributed by atoms with Crippen LogP contribution in [0.25, 0.3) is 11.4 Å². The summed E-state index contributed by atoms with van der Waals surface area (Å²) in [4.78, 5) is 15.7. The molecule has 130 valence electrons. The van der Waals surface area contributed by atoms with Crippen molar-refractivity contribution in [2.75, 3.05) is 21.3 Å². The summed E-state index contributed by atoms with van der Waals surface area (Å²) in [6.07, 6.45) is 0. The largest absolute Gasteiger partial charge is 0.493 e. The summed E-state index contributed by atoms with van der Waals surface area (Å²) in [5.74, 6) is 1.69. The van der Waals surface area contributed by atoms with E-state index in [4.69, 9.17) is 30.3 Å². The number of carbonyl (C=O) groups excluding carboxylic acids is 1. The number of aromatic nitrogens is 2. The molecule has 1 heterocycles. The van der Waals surface area contributed by atoms with E-state index in [-0.39, 0.29) is 18.3 Å². The molecule has 0 bridgehead atoms. The Balaban J connectivity index is 2.25. The number of halogens is 1. The van der Waals surface area contributed by atoms with E-state index in [1.165, 1.54) is 21.3 Å². The molecule has 0 saturated heterocycles. The molecule has 0 radical (unpaired) electrons. The summed E-state index contributed by atoms with van der Waals surface area (Å²) in [5.41, 5.74) is 0.622. The number of amides is 1. The number of carbonyl (C=O) groups is 1. The molecule has 1 atom stereocenters. The standard InChI is InChI=1S/C15H18ClN3O5/c1-8(16)15(20)17-7-12-18-14(19-24-12)9-5-10(21-2)13(23-4)11(6-9)22-3/h5-6,8H,7H2,1-4H3,(H,17,20). The van der Waals surface area contributed by atoms with Crippen LogP contribution >= 0.6 is 11.6 Å². The molecule has 1 aromatic carbocycles. The Hall–Kier alpha value is -2.48. The van der Waals surface area contributed by atoms with E-state index in [2.05, 4.69) is 15.5 Å². The quantitative estimate of drug-likeness (QED) is 0.759. The normalized spacial score (nSPS) is 11.7. The molecule has 0 fully saturated rings. The highest BCUT2D eigenvalue weighted by atomic mass is 35.5. The number of ether oxygens (including phenoxy) is 3. The number of nitrogens with one attached hydrogen (secondary N) is 1. The first-order chi connectivity index (χ1) is 11.5. The number of methoxy groups -OCH3 is 3. The zero-order chi connectivity index (χ0) is 17.7. The van der Waals surface area contributed by atoms with Gasteiger partial charge in [0.2, 0.25) is 23.4 Å². The number of hydrogen-bond acceptors (Lipinski definition) is 7. The Morgan fingerprint density at radius 1 is 1.25 bits per heavy atom. The topological polar surface area (TPSA) is 95.7 Å². The molecular weight excluding hydrogens is 338 g/mol. The van der Waals surface area contributed by atoms with Gasteiger partial charge in [-0.25, -0.2) is 0 Å². The van der Waals surface area contributed by atoms with Crippen molar-refractivity contribution >= 4 is 17.5 Å². The third-order valence-electron chi connectivity index (χ3n) is 3.17. The fraction of sp³-hybridized carbons (Fsp3) is 0.400. The first-order valence-corrected chi connectivity index (χ1v) is 7.48. The Labute approximate surface area is 144 Å². The van der Waals surface area contributed by atoms with E-state index < -0.39 is 5.38 Å². The third-order valence-corrected chi connectivity index (χ3v) is 3.36. The molecule has 1 amide bonds. The van der Waals surface area contributed by atoms with E-state index in [0.29, 0.717) is 28.6 Å². The molecule has 0 aliphatic carbocycles. The van der Waals surface area contributed by atoms with Crippen LogP contribution < -0.4 is 19.5 Å². The second-order valence-corrected chi connectivity index (χ2v) is 5.41. The molecule has 2 rings (SSSR count). The fourth-order valence-corrected chi connectivity index (χ4v) is 2.03. The van der Waals surface area contributed by atoms with Gasteiger partial charge in [0.25, 0.3) is 0 Å². The maximum absolute atomic E-state index is 11.5. The van der Waals surface area contributed by atoms with Crippen LogP contribution in [0.5, 0.6) is 17.2 Å². The number of alkyl halides is 1. The van der Waals surface area contributed by atoms with Crippen molar-refractivity contribution < 1.29 is 23.5 Å². The van der Waals surface area contributed by atoms with Gasteiger partial charge in [0.15, 0.2) is 11.5 Å². The average Bonchev–Trinajstić information content (AvgIpc) is 3.06. The van der Waals surface area contributed by atoms with Gasteiger partial charge in [-0.1, -0.05) is 5.16 Å². The fourth-order valence-electron chi connectivity index (χ4n) is 1.96. The molecule has 0 aliphatic rings. The minimum atomic E-state index is -0.637. The van der Waals surface area contributed by atoms with Gasteiger partial charge in [-0.05, 0) is 19.1 Å². The van der Waals surface area contributed by atoms with Crippen molar-refractivity contribution in [2.24, 2.45) is 0 Å². The van der Waals surface area contributed by atoms with Gasteiger partial charge in [-0.2, -0.15) is 4.98 Å².